The van der Waals surface area contributed by atoms with Crippen LogP contribution in [0.5, 0.6) is 0 Å². The summed E-state index contributed by atoms with van der Waals surface area (Å²) in [5.41, 5.74) is 4.70. The molecule has 0 spiro atoms. The highest BCUT2D eigenvalue weighted by Gasteiger charge is 2.18. The first-order chi connectivity index (χ1) is 14.7. The number of anilines is 1. The van der Waals surface area contributed by atoms with Gasteiger partial charge in [0.15, 0.2) is 0 Å². The quantitative estimate of drug-likeness (QED) is 0.388. The van der Waals surface area contributed by atoms with Crippen LogP contribution in [0, 0.1) is 17.0 Å². The Morgan fingerprint density at radius 2 is 1.68 bits per heavy atom. The van der Waals surface area contributed by atoms with Gasteiger partial charge >= 0.3 is 0 Å². The maximum absolute atomic E-state index is 12.4. The van der Waals surface area contributed by atoms with Gasteiger partial charge in [0.25, 0.3) is 27.5 Å². The Kier molecular flexibility index (Phi) is 6.02. The number of sulfonamides is 1. The zero-order valence-electron chi connectivity index (χ0n) is 16.0. The van der Waals surface area contributed by atoms with Crippen molar-refractivity contribution in [3.8, 4) is 0 Å². The molecule has 3 aromatic rings. The van der Waals surface area contributed by atoms with E-state index in [1.807, 2.05) is 0 Å². The molecule has 0 saturated carbocycles. The number of nitro groups is 1. The van der Waals surface area contributed by atoms with Crippen molar-refractivity contribution in [3.05, 3.63) is 87.9 Å². The molecule has 31 heavy (non-hydrogen) atoms. The normalized spacial score (nSPS) is 10.9. The fourth-order valence-electron chi connectivity index (χ4n) is 2.54. The Bertz CT molecular complexity index is 1250. The minimum atomic E-state index is -4.07. The number of benzene rings is 2. The summed E-state index contributed by atoms with van der Waals surface area (Å²) in [6.07, 6.45) is 1.35. The summed E-state index contributed by atoms with van der Waals surface area (Å²) in [5.74, 6) is -0.782. The SMILES string of the molecule is Cc1occc1C(=O)NNC(=O)c1ccc(NS(=O)(=O)c2cccc([N+](=O)[O-])c2)cc1. The van der Waals surface area contributed by atoms with E-state index in [1.165, 1.54) is 54.8 Å². The molecule has 0 aliphatic rings. The second kappa shape index (κ2) is 8.67. The summed E-state index contributed by atoms with van der Waals surface area (Å²) in [5, 5.41) is 10.8. The fraction of sp³-hybridized carbons (Fsp3) is 0.0526. The van der Waals surface area contributed by atoms with Crippen molar-refractivity contribution < 1.29 is 27.3 Å². The van der Waals surface area contributed by atoms with E-state index in [2.05, 4.69) is 15.6 Å². The number of carbonyl (C=O) groups is 2. The number of non-ortho nitro benzene ring substituents is 1. The first-order valence-corrected chi connectivity index (χ1v) is 10.2. The van der Waals surface area contributed by atoms with Gasteiger partial charge in [0, 0.05) is 23.4 Å². The van der Waals surface area contributed by atoms with Gasteiger partial charge in [0.2, 0.25) is 0 Å². The molecule has 2 aromatic carbocycles. The van der Waals surface area contributed by atoms with Crippen LogP contribution < -0.4 is 15.6 Å². The Balaban J connectivity index is 1.65. The number of rotatable bonds is 6. The van der Waals surface area contributed by atoms with Crippen LogP contribution in [-0.4, -0.2) is 25.2 Å². The predicted octanol–water partition coefficient (Wildman–Crippen LogP) is 2.37. The molecule has 0 unspecified atom stereocenters. The Labute approximate surface area is 176 Å². The highest BCUT2D eigenvalue weighted by Crippen LogP contribution is 2.20. The van der Waals surface area contributed by atoms with E-state index in [9.17, 15) is 28.1 Å². The standard InChI is InChI=1S/C19H16N4O7S/c1-12-17(9-10-30-12)19(25)21-20-18(24)13-5-7-14(8-6-13)22-31(28,29)16-4-2-3-15(11-16)23(26)27/h2-11,22H,1H3,(H,20,24)(H,21,25). The number of hydrogen-bond donors (Lipinski definition) is 3. The van der Waals surface area contributed by atoms with E-state index in [1.54, 1.807) is 6.92 Å². The first kappa shape index (κ1) is 21.5. The van der Waals surface area contributed by atoms with Gasteiger partial charge in [-0.05, 0) is 43.3 Å². The number of nitrogens with zero attached hydrogens (tertiary/aromatic N) is 1. The van der Waals surface area contributed by atoms with Crippen molar-refractivity contribution in [3.63, 3.8) is 0 Å². The molecule has 0 aliphatic carbocycles. The van der Waals surface area contributed by atoms with Gasteiger partial charge in [-0.15, -0.1) is 0 Å². The maximum atomic E-state index is 12.4. The van der Waals surface area contributed by atoms with Gasteiger partial charge in [0.1, 0.15) is 5.76 Å². The molecule has 1 heterocycles. The van der Waals surface area contributed by atoms with Gasteiger partial charge in [-0.2, -0.15) is 0 Å². The largest absolute Gasteiger partial charge is 0.469 e. The second-order valence-corrected chi connectivity index (χ2v) is 7.92. The van der Waals surface area contributed by atoms with Crippen LogP contribution in [-0.2, 0) is 10.0 Å². The molecular weight excluding hydrogens is 428 g/mol. The van der Waals surface area contributed by atoms with E-state index >= 15 is 0 Å². The molecule has 0 atom stereocenters. The average Bonchev–Trinajstić information content (AvgIpc) is 3.18. The highest BCUT2D eigenvalue weighted by molar-refractivity contribution is 7.92. The van der Waals surface area contributed by atoms with Crippen molar-refractivity contribution >= 4 is 33.2 Å². The number of hydrogen-bond acceptors (Lipinski definition) is 7. The zero-order chi connectivity index (χ0) is 22.6. The van der Waals surface area contributed by atoms with E-state index in [0.29, 0.717) is 5.76 Å². The smallest absolute Gasteiger partial charge is 0.273 e. The lowest BCUT2D eigenvalue weighted by Crippen LogP contribution is -2.41. The molecule has 0 fully saturated rings. The third-order valence-electron chi connectivity index (χ3n) is 4.13. The summed E-state index contributed by atoms with van der Waals surface area (Å²) in [4.78, 5) is 34.0. The van der Waals surface area contributed by atoms with E-state index in [-0.39, 0.29) is 27.4 Å². The third-order valence-corrected chi connectivity index (χ3v) is 5.51. The molecule has 3 rings (SSSR count). The minimum absolute atomic E-state index is 0.140. The lowest BCUT2D eigenvalue weighted by atomic mass is 10.2. The van der Waals surface area contributed by atoms with Gasteiger partial charge in [0.05, 0.1) is 21.6 Å². The molecule has 2 amide bonds. The number of aryl methyl sites for hydroxylation is 1. The number of carbonyl (C=O) groups excluding carboxylic acids is 2. The van der Waals surface area contributed by atoms with Crippen molar-refractivity contribution in [1.29, 1.82) is 0 Å². The number of amides is 2. The van der Waals surface area contributed by atoms with Crippen LogP contribution in [0.2, 0.25) is 0 Å². The fourth-order valence-corrected chi connectivity index (χ4v) is 3.64. The van der Waals surface area contributed by atoms with Gasteiger partial charge in [-0.25, -0.2) is 8.42 Å². The van der Waals surface area contributed by atoms with E-state index in [0.717, 1.165) is 6.07 Å². The van der Waals surface area contributed by atoms with Crippen molar-refractivity contribution in [1.82, 2.24) is 10.9 Å². The molecule has 0 aliphatic heterocycles. The van der Waals surface area contributed by atoms with Crippen molar-refractivity contribution in [2.24, 2.45) is 0 Å². The lowest BCUT2D eigenvalue weighted by molar-refractivity contribution is -0.385. The summed E-state index contributed by atoms with van der Waals surface area (Å²) in [6, 6.07) is 11.4. The van der Waals surface area contributed by atoms with E-state index in [4.69, 9.17) is 4.42 Å². The topological polar surface area (TPSA) is 161 Å². The summed E-state index contributed by atoms with van der Waals surface area (Å²) < 4.78 is 32.2. The Hall–Kier alpha value is -4.19. The minimum Gasteiger partial charge on any atom is -0.469 e. The third kappa shape index (κ3) is 5.05. The molecule has 160 valence electrons. The van der Waals surface area contributed by atoms with Gasteiger partial charge in [-0.3, -0.25) is 35.3 Å². The molecule has 0 bridgehead atoms. The monoisotopic (exact) mass is 444 g/mol. The first-order valence-electron chi connectivity index (χ1n) is 8.69. The number of furan rings is 1. The van der Waals surface area contributed by atoms with Crippen molar-refractivity contribution in [2.75, 3.05) is 4.72 Å². The van der Waals surface area contributed by atoms with Crippen LogP contribution in [0.25, 0.3) is 0 Å². The second-order valence-electron chi connectivity index (χ2n) is 6.24. The van der Waals surface area contributed by atoms with E-state index < -0.39 is 26.8 Å². The molecule has 12 heteroatoms. The van der Waals surface area contributed by atoms with Crippen LogP contribution >= 0.6 is 0 Å². The number of hydrazine groups is 1. The summed E-state index contributed by atoms with van der Waals surface area (Å²) in [7, 11) is -4.07. The predicted molar refractivity (Wildman–Crippen MR) is 109 cm³/mol. The molecular formula is C19H16N4O7S. The van der Waals surface area contributed by atoms with Crippen LogP contribution in [0.4, 0.5) is 11.4 Å². The average molecular weight is 444 g/mol. The van der Waals surface area contributed by atoms with Gasteiger partial charge < -0.3 is 4.42 Å². The Morgan fingerprint density at radius 3 is 2.29 bits per heavy atom. The molecule has 1 aromatic heterocycles. The lowest BCUT2D eigenvalue weighted by Gasteiger charge is -2.10. The van der Waals surface area contributed by atoms with Crippen LogP contribution in [0.15, 0.2) is 70.2 Å². The molecule has 11 nitrogen and oxygen atoms in total. The number of nitro benzene ring substituents is 1. The Morgan fingerprint density at radius 1 is 1.00 bits per heavy atom. The molecule has 0 radical (unpaired) electrons. The molecule has 0 saturated heterocycles. The summed E-state index contributed by atoms with van der Waals surface area (Å²) >= 11 is 0. The van der Waals surface area contributed by atoms with Crippen LogP contribution in [0.1, 0.15) is 26.5 Å². The summed E-state index contributed by atoms with van der Waals surface area (Å²) in [6.45, 7) is 1.60. The zero-order valence-corrected chi connectivity index (χ0v) is 16.8. The van der Waals surface area contributed by atoms with Crippen LogP contribution in [0.3, 0.4) is 0 Å². The molecule has 3 N–H and O–H groups in total. The van der Waals surface area contributed by atoms with Crippen molar-refractivity contribution in [2.45, 2.75) is 11.8 Å². The van der Waals surface area contributed by atoms with Gasteiger partial charge in [-0.1, -0.05) is 6.07 Å². The maximum Gasteiger partial charge on any atom is 0.273 e. The highest BCUT2D eigenvalue weighted by atomic mass is 32.2. The number of nitrogens with one attached hydrogen (secondary N) is 3.